The monoisotopic (exact) mass is 396 g/mol. The van der Waals surface area contributed by atoms with Crippen LogP contribution in [-0.2, 0) is 6.54 Å². The number of methoxy groups -OCH3 is 1. The first kappa shape index (κ1) is 19.5. The second-order valence-electron chi connectivity index (χ2n) is 7.10. The Hall–Kier alpha value is -3.79. The van der Waals surface area contributed by atoms with E-state index in [0.717, 1.165) is 34.0 Å². The summed E-state index contributed by atoms with van der Waals surface area (Å²) in [6.45, 7) is 2.47. The van der Waals surface area contributed by atoms with Crippen LogP contribution in [0.5, 0.6) is 5.75 Å². The zero-order valence-electron chi connectivity index (χ0n) is 17.1. The van der Waals surface area contributed by atoms with E-state index in [-0.39, 0.29) is 5.91 Å². The predicted molar refractivity (Wildman–Crippen MR) is 120 cm³/mol. The van der Waals surface area contributed by atoms with E-state index in [1.54, 1.807) is 7.11 Å². The average Bonchev–Trinajstić information content (AvgIpc) is 3.16. The fourth-order valence-corrected chi connectivity index (χ4v) is 3.61. The van der Waals surface area contributed by atoms with E-state index in [1.165, 1.54) is 0 Å². The number of hydrogen-bond acceptors (Lipinski definition) is 2. The number of ether oxygens (including phenoxy) is 1. The molecule has 4 heteroatoms. The summed E-state index contributed by atoms with van der Waals surface area (Å²) in [5.74, 6) is 0.685. The zero-order chi connectivity index (χ0) is 20.9. The van der Waals surface area contributed by atoms with Crippen LogP contribution in [0, 0.1) is 6.92 Å². The Morgan fingerprint density at radius 3 is 2.30 bits per heavy atom. The lowest BCUT2D eigenvalue weighted by molar-refractivity contribution is 0.0950. The Kier molecular flexibility index (Phi) is 5.66. The van der Waals surface area contributed by atoms with Gasteiger partial charge in [-0.25, -0.2) is 0 Å². The molecule has 1 aromatic heterocycles. The van der Waals surface area contributed by atoms with Gasteiger partial charge in [0.15, 0.2) is 0 Å². The van der Waals surface area contributed by atoms with Gasteiger partial charge in [-0.05, 0) is 36.2 Å². The number of nitrogens with one attached hydrogen (secondary N) is 1. The molecule has 0 radical (unpaired) electrons. The number of aromatic nitrogens is 1. The summed E-state index contributed by atoms with van der Waals surface area (Å²) in [6.07, 6.45) is 0. The van der Waals surface area contributed by atoms with Crippen molar-refractivity contribution in [3.8, 4) is 22.7 Å². The maximum atomic E-state index is 13.0. The van der Waals surface area contributed by atoms with Gasteiger partial charge in [0.1, 0.15) is 5.75 Å². The van der Waals surface area contributed by atoms with Gasteiger partial charge in [0.25, 0.3) is 5.91 Å². The van der Waals surface area contributed by atoms with Gasteiger partial charge in [0.2, 0.25) is 0 Å². The molecule has 1 N–H and O–H groups in total. The highest BCUT2D eigenvalue weighted by Crippen LogP contribution is 2.30. The Balaban J connectivity index is 1.75. The molecule has 0 aliphatic carbocycles. The van der Waals surface area contributed by atoms with Crippen molar-refractivity contribution in [1.29, 1.82) is 0 Å². The van der Waals surface area contributed by atoms with Crippen molar-refractivity contribution in [1.82, 2.24) is 9.88 Å². The van der Waals surface area contributed by atoms with Crippen molar-refractivity contribution in [3.63, 3.8) is 0 Å². The van der Waals surface area contributed by atoms with Crippen LogP contribution in [-0.4, -0.2) is 17.6 Å². The number of amides is 1. The minimum absolute atomic E-state index is 0.0878. The molecule has 0 saturated heterocycles. The van der Waals surface area contributed by atoms with Crippen molar-refractivity contribution in [2.24, 2.45) is 0 Å². The van der Waals surface area contributed by atoms with Crippen molar-refractivity contribution >= 4 is 5.91 Å². The quantitative estimate of drug-likeness (QED) is 0.475. The maximum absolute atomic E-state index is 13.0. The molecule has 1 heterocycles. The molecule has 0 unspecified atom stereocenters. The summed E-state index contributed by atoms with van der Waals surface area (Å²) >= 11 is 0. The summed E-state index contributed by atoms with van der Waals surface area (Å²) in [7, 11) is 1.65. The van der Waals surface area contributed by atoms with Gasteiger partial charge >= 0.3 is 0 Å². The van der Waals surface area contributed by atoms with Crippen LogP contribution >= 0.6 is 0 Å². The molecule has 1 amide bonds. The minimum Gasteiger partial charge on any atom is -0.497 e. The second kappa shape index (κ2) is 8.70. The zero-order valence-corrected chi connectivity index (χ0v) is 17.1. The van der Waals surface area contributed by atoms with E-state index in [4.69, 9.17) is 4.74 Å². The molecule has 0 fully saturated rings. The fourth-order valence-electron chi connectivity index (χ4n) is 3.61. The number of nitrogens with zero attached hydrogens (tertiary/aromatic N) is 1. The molecule has 150 valence electrons. The standard InChI is InChI=1S/C26H24N2O2/c1-19-24(26(29)27-18-20-10-5-3-6-11-20)17-25(21-12-7-4-8-13-21)28(19)22-14-9-15-23(16-22)30-2/h3-17H,18H2,1-2H3,(H,27,29). The molecule has 3 aromatic carbocycles. The van der Waals surface area contributed by atoms with Gasteiger partial charge < -0.3 is 14.6 Å². The van der Waals surface area contributed by atoms with Crippen LogP contribution in [0.2, 0.25) is 0 Å². The highest BCUT2D eigenvalue weighted by Gasteiger charge is 2.19. The minimum atomic E-state index is -0.0878. The maximum Gasteiger partial charge on any atom is 0.253 e. The third-order valence-corrected chi connectivity index (χ3v) is 5.17. The van der Waals surface area contributed by atoms with Crippen molar-refractivity contribution in [2.45, 2.75) is 13.5 Å². The molecule has 0 atom stereocenters. The lowest BCUT2D eigenvalue weighted by Crippen LogP contribution is -2.23. The first-order valence-corrected chi connectivity index (χ1v) is 9.91. The molecule has 4 rings (SSSR count). The van der Waals surface area contributed by atoms with Crippen LogP contribution in [0.1, 0.15) is 21.6 Å². The summed E-state index contributed by atoms with van der Waals surface area (Å²) in [6, 6.07) is 29.9. The second-order valence-corrected chi connectivity index (χ2v) is 7.10. The molecule has 4 aromatic rings. The Labute approximate surface area is 176 Å². The normalized spacial score (nSPS) is 10.6. The lowest BCUT2D eigenvalue weighted by Gasteiger charge is -2.13. The molecule has 0 aliphatic heterocycles. The van der Waals surface area contributed by atoms with Crippen molar-refractivity contribution in [3.05, 3.63) is 108 Å². The number of carbonyl (C=O) groups is 1. The Bertz CT molecular complexity index is 1150. The third kappa shape index (κ3) is 3.98. The van der Waals surface area contributed by atoms with E-state index in [2.05, 4.69) is 22.0 Å². The number of carbonyl (C=O) groups excluding carboxylic acids is 1. The van der Waals surface area contributed by atoms with E-state index >= 15 is 0 Å². The Morgan fingerprint density at radius 1 is 0.900 bits per heavy atom. The summed E-state index contributed by atoms with van der Waals surface area (Å²) in [5, 5.41) is 3.05. The SMILES string of the molecule is COc1cccc(-n2c(-c3ccccc3)cc(C(=O)NCc3ccccc3)c2C)c1. The molecule has 0 bridgehead atoms. The fraction of sp³-hybridized carbons (Fsp3) is 0.115. The molecular formula is C26H24N2O2. The number of benzene rings is 3. The summed E-state index contributed by atoms with van der Waals surface area (Å²) in [4.78, 5) is 13.0. The van der Waals surface area contributed by atoms with Gasteiger partial charge in [0.05, 0.1) is 18.4 Å². The van der Waals surface area contributed by atoms with E-state index in [1.807, 2.05) is 85.8 Å². The van der Waals surface area contributed by atoms with E-state index in [0.29, 0.717) is 12.1 Å². The van der Waals surface area contributed by atoms with Gasteiger partial charge in [-0.1, -0.05) is 66.7 Å². The van der Waals surface area contributed by atoms with E-state index < -0.39 is 0 Å². The van der Waals surface area contributed by atoms with Crippen LogP contribution in [0.4, 0.5) is 0 Å². The van der Waals surface area contributed by atoms with Crippen molar-refractivity contribution in [2.75, 3.05) is 7.11 Å². The average molecular weight is 396 g/mol. The smallest absolute Gasteiger partial charge is 0.253 e. The molecule has 0 saturated carbocycles. The molecule has 30 heavy (non-hydrogen) atoms. The largest absolute Gasteiger partial charge is 0.497 e. The topological polar surface area (TPSA) is 43.3 Å². The molecular weight excluding hydrogens is 372 g/mol. The first-order valence-electron chi connectivity index (χ1n) is 9.91. The lowest BCUT2D eigenvalue weighted by atomic mass is 10.1. The van der Waals surface area contributed by atoms with Gasteiger partial charge in [-0.15, -0.1) is 0 Å². The van der Waals surface area contributed by atoms with E-state index in [9.17, 15) is 4.79 Å². The summed E-state index contributed by atoms with van der Waals surface area (Å²) in [5.41, 5.74) is 5.57. The first-order chi connectivity index (χ1) is 14.7. The third-order valence-electron chi connectivity index (χ3n) is 5.17. The highest BCUT2D eigenvalue weighted by molar-refractivity contribution is 5.97. The van der Waals surface area contributed by atoms with Gasteiger partial charge in [-0.3, -0.25) is 4.79 Å². The molecule has 4 nitrogen and oxygen atoms in total. The molecule has 0 aliphatic rings. The van der Waals surface area contributed by atoms with Crippen LogP contribution in [0.15, 0.2) is 91.0 Å². The Morgan fingerprint density at radius 2 is 1.60 bits per heavy atom. The number of hydrogen-bond donors (Lipinski definition) is 1. The summed E-state index contributed by atoms with van der Waals surface area (Å²) < 4.78 is 7.52. The van der Waals surface area contributed by atoms with Gasteiger partial charge in [-0.2, -0.15) is 0 Å². The highest BCUT2D eigenvalue weighted by atomic mass is 16.5. The number of rotatable bonds is 6. The predicted octanol–water partition coefficient (Wildman–Crippen LogP) is 5.39. The van der Waals surface area contributed by atoms with Crippen molar-refractivity contribution < 1.29 is 9.53 Å². The molecule has 0 spiro atoms. The van der Waals surface area contributed by atoms with Crippen LogP contribution in [0.3, 0.4) is 0 Å². The van der Waals surface area contributed by atoms with Crippen LogP contribution in [0.25, 0.3) is 16.9 Å². The van der Waals surface area contributed by atoms with Crippen LogP contribution < -0.4 is 10.1 Å². The van der Waals surface area contributed by atoms with Gasteiger partial charge in [0, 0.05) is 24.0 Å².